The highest BCUT2D eigenvalue weighted by atomic mass is 19.1. The standard InChI is InChI=1S/C18H20FN/c1-2-13-5-8-18-16(10-13)11-15(12-20-18)9-14-3-6-17(19)7-4-14/h3-8,10,15,20H,2,9,11-12H2,1H3. The maximum Gasteiger partial charge on any atom is 0.123 e. The van der Waals surface area contributed by atoms with Gasteiger partial charge in [0.15, 0.2) is 0 Å². The van der Waals surface area contributed by atoms with Crippen LogP contribution in [0.25, 0.3) is 0 Å². The molecule has 3 rings (SSSR count). The SMILES string of the molecule is CCc1ccc2c(c1)CC(Cc1ccc(F)cc1)CN2. The van der Waals surface area contributed by atoms with Gasteiger partial charge in [0.1, 0.15) is 5.82 Å². The summed E-state index contributed by atoms with van der Waals surface area (Å²) in [6, 6.07) is 13.6. The van der Waals surface area contributed by atoms with Crippen LogP contribution in [0.15, 0.2) is 42.5 Å². The molecule has 1 N–H and O–H groups in total. The number of halogens is 1. The minimum atomic E-state index is -0.159. The van der Waals surface area contributed by atoms with Crippen LogP contribution in [-0.4, -0.2) is 6.54 Å². The Morgan fingerprint density at radius 3 is 2.60 bits per heavy atom. The molecule has 1 heterocycles. The maximum absolute atomic E-state index is 12.9. The lowest BCUT2D eigenvalue weighted by Gasteiger charge is -2.26. The first-order valence-corrected chi connectivity index (χ1v) is 7.34. The molecular weight excluding hydrogens is 249 g/mol. The molecule has 0 saturated carbocycles. The lowest BCUT2D eigenvalue weighted by molar-refractivity contribution is 0.534. The summed E-state index contributed by atoms with van der Waals surface area (Å²) in [7, 11) is 0. The van der Waals surface area contributed by atoms with Crippen LogP contribution in [0.3, 0.4) is 0 Å². The van der Waals surface area contributed by atoms with Gasteiger partial charge in [-0.2, -0.15) is 0 Å². The molecule has 1 aliphatic heterocycles. The highest BCUT2D eigenvalue weighted by Crippen LogP contribution is 2.27. The zero-order chi connectivity index (χ0) is 13.9. The van der Waals surface area contributed by atoms with E-state index in [1.165, 1.54) is 22.4 Å². The number of nitrogens with one attached hydrogen (secondary N) is 1. The van der Waals surface area contributed by atoms with Gasteiger partial charge in [0.25, 0.3) is 0 Å². The summed E-state index contributed by atoms with van der Waals surface area (Å²) in [5, 5.41) is 3.52. The molecule has 1 atom stereocenters. The fourth-order valence-electron chi connectivity index (χ4n) is 2.94. The van der Waals surface area contributed by atoms with E-state index in [9.17, 15) is 4.39 Å². The van der Waals surface area contributed by atoms with Crippen LogP contribution in [0, 0.1) is 11.7 Å². The average molecular weight is 269 g/mol. The number of fused-ring (bicyclic) bond motifs is 1. The second-order valence-electron chi connectivity index (χ2n) is 5.63. The van der Waals surface area contributed by atoms with Crippen LogP contribution < -0.4 is 5.32 Å². The second-order valence-corrected chi connectivity index (χ2v) is 5.63. The summed E-state index contributed by atoms with van der Waals surface area (Å²) in [5.41, 5.74) is 5.31. The lowest BCUT2D eigenvalue weighted by atomic mass is 9.88. The molecule has 0 amide bonds. The van der Waals surface area contributed by atoms with E-state index in [4.69, 9.17) is 0 Å². The van der Waals surface area contributed by atoms with Gasteiger partial charge in [0, 0.05) is 12.2 Å². The Morgan fingerprint density at radius 1 is 1.10 bits per heavy atom. The zero-order valence-electron chi connectivity index (χ0n) is 11.8. The van der Waals surface area contributed by atoms with Crippen LogP contribution in [0.5, 0.6) is 0 Å². The average Bonchev–Trinajstić information content (AvgIpc) is 2.49. The van der Waals surface area contributed by atoms with Crippen molar-refractivity contribution in [1.82, 2.24) is 0 Å². The molecule has 2 aromatic carbocycles. The number of benzene rings is 2. The smallest absolute Gasteiger partial charge is 0.123 e. The van der Waals surface area contributed by atoms with E-state index in [2.05, 4.69) is 30.4 Å². The first-order valence-electron chi connectivity index (χ1n) is 7.34. The van der Waals surface area contributed by atoms with Crippen molar-refractivity contribution in [3.05, 3.63) is 65.0 Å². The van der Waals surface area contributed by atoms with E-state index in [1.54, 1.807) is 12.1 Å². The van der Waals surface area contributed by atoms with Crippen molar-refractivity contribution in [3.63, 3.8) is 0 Å². The van der Waals surface area contributed by atoms with E-state index in [-0.39, 0.29) is 5.82 Å². The van der Waals surface area contributed by atoms with Crippen LogP contribution in [0.1, 0.15) is 23.6 Å². The third kappa shape index (κ3) is 2.84. The highest BCUT2D eigenvalue weighted by molar-refractivity contribution is 5.54. The van der Waals surface area contributed by atoms with Gasteiger partial charge in [-0.25, -0.2) is 4.39 Å². The zero-order valence-corrected chi connectivity index (χ0v) is 11.8. The van der Waals surface area contributed by atoms with Gasteiger partial charge in [-0.3, -0.25) is 0 Å². The fourth-order valence-corrected chi connectivity index (χ4v) is 2.94. The third-order valence-electron chi connectivity index (χ3n) is 4.11. The van der Waals surface area contributed by atoms with Crippen LogP contribution >= 0.6 is 0 Å². The van der Waals surface area contributed by atoms with Crippen molar-refractivity contribution in [1.29, 1.82) is 0 Å². The van der Waals surface area contributed by atoms with Crippen molar-refractivity contribution in [3.8, 4) is 0 Å². The number of aryl methyl sites for hydroxylation is 1. The van der Waals surface area contributed by atoms with Crippen molar-refractivity contribution < 1.29 is 4.39 Å². The molecule has 104 valence electrons. The van der Waals surface area contributed by atoms with Crippen molar-refractivity contribution in [2.45, 2.75) is 26.2 Å². The summed E-state index contributed by atoms with van der Waals surface area (Å²) in [5.74, 6) is 0.425. The van der Waals surface area contributed by atoms with E-state index >= 15 is 0 Å². The molecule has 0 fully saturated rings. The molecule has 1 aliphatic rings. The Labute approximate surface area is 119 Å². The Morgan fingerprint density at radius 2 is 1.85 bits per heavy atom. The summed E-state index contributed by atoms with van der Waals surface area (Å²) >= 11 is 0. The summed E-state index contributed by atoms with van der Waals surface area (Å²) in [4.78, 5) is 0. The van der Waals surface area contributed by atoms with E-state index in [1.807, 2.05) is 12.1 Å². The van der Waals surface area contributed by atoms with E-state index < -0.39 is 0 Å². The molecule has 2 heteroatoms. The Balaban J connectivity index is 1.73. The van der Waals surface area contributed by atoms with Gasteiger partial charge in [0.05, 0.1) is 0 Å². The number of rotatable bonds is 3. The quantitative estimate of drug-likeness (QED) is 0.880. The molecule has 20 heavy (non-hydrogen) atoms. The monoisotopic (exact) mass is 269 g/mol. The minimum Gasteiger partial charge on any atom is -0.385 e. The van der Waals surface area contributed by atoms with Crippen molar-refractivity contribution in [2.75, 3.05) is 11.9 Å². The molecule has 1 nitrogen and oxygen atoms in total. The number of hydrogen-bond donors (Lipinski definition) is 1. The van der Waals surface area contributed by atoms with Gasteiger partial charge in [-0.05, 0) is 60.1 Å². The Hall–Kier alpha value is -1.83. The third-order valence-corrected chi connectivity index (χ3v) is 4.11. The van der Waals surface area contributed by atoms with Gasteiger partial charge in [0.2, 0.25) is 0 Å². The van der Waals surface area contributed by atoms with E-state index in [0.29, 0.717) is 5.92 Å². The van der Waals surface area contributed by atoms with Gasteiger partial charge < -0.3 is 5.32 Å². The molecule has 0 bridgehead atoms. The predicted molar refractivity (Wildman–Crippen MR) is 81.6 cm³/mol. The largest absolute Gasteiger partial charge is 0.385 e. The number of hydrogen-bond acceptors (Lipinski definition) is 1. The molecular formula is C18H20FN. The fraction of sp³-hybridized carbons (Fsp3) is 0.333. The predicted octanol–water partition coefficient (Wildman–Crippen LogP) is 4.22. The highest BCUT2D eigenvalue weighted by Gasteiger charge is 2.18. The molecule has 0 radical (unpaired) electrons. The molecule has 0 spiro atoms. The number of anilines is 1. The Bertz CT molecular complexity index is 589. The minimum absolute atomic E-state index is 0.159. The van der Waals surface area contributed by atoms with Gasteiger partial charge in [-0.15, -0.1) is 0 Å². The van der Waals surface area contributed by atoms with Gasteiger partial charge >= 0.3 is 0 Å². The van der Waals surface area contributed by atoms with Gasteiger partial charge in [-0.1, -0.05) is 31.2 Å². The molecule has 0 saturated heterocycles. The van der Waals surface area contributed by atoms with Crippen LogP contribution in [0.4, 0.5) is 10.1 Å². The molecule has 0 aliphatic carbocycles. The first kappa shape index (κ1) is 13.2. The summed E-state index contributed by atoms with van der Waals surface area (Å²) in [6.45, 7) is 3.18. The Kier molecular flexibility index (Phi) is 3.72. The first-order chi connectivity index (χ1) is 9.74. The normalized spacial score (nSPS) is 17.4. The molecule has 0 aromatic heterocycles. The van der Waals surface area contributed by atoms with Crippen LogP contribution in [-0.2, 0) is 19.3 Å². The summed E-state index contributed by atoms with van der Waals surface area (Å²) in [6.07, 6.45) is 3.19. The van der Waals surface area contributed by atoms with Crippen molar-refractivity contribution >= 4 is 5.69 Å². The molecule has 1 unspecified atom stereocenters. The lowest BCUT2D eigenvalue weighted by Crippen LogP contribution is -2.25. The summed E-state index contributed by atoms with van der Waals surface area (Å²) < 4.78 is 12.9. The maximum atomic E-state index is 12.9. The topological polar surface area (TPSA) is 12.0 Å². The van der Waals surface area contributed by atoms with Crippen molar-refractivity contribution in [2.24, 2.45) is 5.92 Å². The van der Waals surface area contributed by atoms with E-state index in [0.717, 1.165) is 25.8 Å². The second kappa shape index (κ2) is 5.66. The van der Waals surface area contributed by atoms with Crippen LogP contribution in [0.2, 0.25) is 0 Å². The molecule has 2 aromatic rings.